The van der Waals surface area contributed by atoms with Gasteiger partial charge in [-0.2, -0.15) is 0 Å². The second kappa shape index (κ2) is 8.48. The molecule has 0 atom stereocenters. The summed E-state index contributed by atoms with van der Waals surface area (Å²) in [5.74, 6) is 0.804. The number of ether oxygens (including phenoxy) is 1. The number of phenols is 1. The predicted octanol–water partition coefficient (Wildman–Crippen LogP) is 4.68. The Bertz CT molecular complexity index is 958. The molecule has 0 aliphatic heterocycles. The second-order valence-corrected chi connectivity index (χ2v) is 6.57. The zero-order valence-corrected chi connectivity index (χ0v) is 16.2. The van der Waals surface area contributed by atoms with Crippen molar-refractivity contribution < 1.29 is 14.6 Å². The van der Waals surface area contributed by atoms with E-state index in [1.165, 1.54) is 0 Å². The zero-order chi connectivity index (χ0) is 20.1. The first-order chi connectivity index (χ1) is 13.5. The number of nitrogens with one attached hydrogen (secondary N) is 2. The SMILES string of the molecule is COc1ccc(C(=O)Nc2[c]cccc2NCc2cc(C)c(O)c(C)c2)cc1. The Balaban J connectivity index is 1.73. The van der Waals surface area contributed by atoms with Crippen LogP contribution in [-0.2, 0) is 6.54 Å². The highest BCUT2D eigenvalue weighted by Crippen LogP contribution is 2.25. The summed E-state index contributed by atoms with van der Waals surface area (Å²) >= 11 is 0. The number of aryl methyl sites for hydroxylation is 2. The van der Waals surface area contributed by atoms with Crippen molar-refractivity contribution in [2.24, 2.45) is 0 Å². The summed E-state index contributed by atoms with van der Waals surface area (Å²) in [7, 11) is 1.59. The van der Waals surface area contributed by atoms with Gasteiger partial charge in [-0.15, -0.1) is 0 Å². The number of phenolic OH excluding ortho intramolecular Hbond substituents is 1. The van der Waals surface area contributed by atoms with Crippen molar-refractivity contribution in [3.05, 3.63) is 82.9 Å². The van der Waals surface area contributed by atoms with Crippen LogP contribution >= 0.6 is 0 Å². The van der Waals surface area contributed by atoms with Gasteiger partial charge in [-0.1, -0.05) is 24.3 Å². The lowest BCUT2D eigenvalue weighted by Gasteiger charge is -2.14. The minimum atomic E-state index is -0.218. The first kappa shape index (κ1) is 19.3. The molecule has 3 aromatic carbocycles. The number of carbonyl (C=O) groups is 1. The fourth-order valence-corrected chi connectivity index (χ4v) is 2.96. The van der Waals surface area contributed by atoms with E-state index in [1.807, 2.05) is 38.1 Å². The van der Waals surface area contributed by atoms with E-state index in [0.29, 0.717) is 29.3 Å². The second-order valence-electron chi connectivity index (χ2n) is 6.57. The molecule has 0 saturated heterocycles. The van der Waals surface area contributed by atoms with Crippen LogP contribution in [0.5, 0.6) is 11.5 Å². The summed E-state index contributed by atoms with van der Waals surface area (Å²) < 4.78 is 5.12. The van der Waals surface area contributed by atoms with E-state index in [2.05, 4.69) is 16.7 Å². The molecule has 0 saturated carbocycles. The van der Waals surface area contributed by atoms with E-state index in [4.69, 9.17) is 4.74 Å². The Hall–Kier alpha value is -3.47. The van der Waals surface area contributed by atoms with Gasteiger partial charge in [-0.05, 0) is 60.9 Å². The Kier molecular flexibility index (Phi) is 5.84. The van der Waals surface area contributed by atoms with Crippen LogP contribution in [0.25, 0.3) is 0 Å². The molecule has 0 aromatic heterocycles. The number of benzene rings is 3. The minimum absolute atomic E-state index is 0.218. The highest BCUT2D eigenvalue weighted by Gasteiger charge is 2.10. The average molecular weight is 375 g/mol. The number of hydrogen-bond acceptors (Lipinski definition) is 4. The first-order valence-corrected chi connectivity index (χ1v) is 8.97. The molecule has 0 fully saturated rings. The topological polar surface area (TPSA) is 70.6 Å². The van der Waals surface area contributed by atoms with E-state index >= 15 is 0 Å². The molecule has 5 nitrogen and oxygen atoms in total. The molecule has 1 amide bonds. The van der Waals surface area contributed by atoms with Crippen molar-refractivity contribution in [2.75, 3.05) is 17.7 Å². The zero-order valence-electron chi connectivity index (χ0n) is 16.2. The third-order valence-corrected chi connectivity index (χ3v) is 4.48. The molecule has 5 heteroatoms. The molecule has 3 aromatic rings. The van der Waals surface area contributed by atoms with Crippen LogP contribution in [0.4, 0.5) is 11.4 Å². The minimum Gasteiger partial charge on any atom is -0.507 e. The molecule has 0 aliphatic carbocycles. The van der Waals surface area contributed by atoms with Gasteiger partial charge in [0.25, 0.3) is 5.91 Å². The number of amides is 1. The molecular formula is C23H23N2O3. The van der Waals surface area contributed by atoms with E-state index in [0.717, 1.165) is 22.4 Å². The Morgan fingerprint density at radius 2 is 1.79 bits per heavy atom. The number of hydrogen-bond donors (Lipinski definition) is 3. The van der Waals surface area contributed by atoms with Gasteiger partial charge < -0.3 is 20.5 Å². The van der Waals surface area contributed by atoms with Crippen molar-refractivity contribution in [1.82, 2.24) is 0 Å². The van der Waals surface area contributed by atoms with Crippen molar-refractivity contribution >= 4 is 17.3 Å². The smallest absolute Gasteiger partial charge is 0.255 e. The highest BCUT2D eigenvalue weighted by molar-refractivity contribution is 6.05. The van der Waals surface area contributed by atoms with E-state index in [-0.39, 0.29) is 5.91 Å². The maximum absolute atomic E-state index is 12.5. The van der Waals surface area contributed by atoms with Gasteiger partial charge in [-0.3, -0.25) is 4.79 Å². The summed E-state index contributed by atoms with van der Waals surface area (Å²) in [6.07, 6.45) is 0. The third-order valence-electron chi connectivity index (χ3n) is 4.48. The first-order valence-electron chi connectivity index (χ1n) is 8.97. The molecule has 3 rings (SSSR count). The van der Waals surface area contributed by atoms with Gasteiger partial charge in [0, 0.05) is 18.2 Å². The number of para-hydroxylation sites is 1. The lowest BCUT2D eigenvalue weighted by atomic mass is 10.1. The Labute approximate surface area is 165 Å². The maximum Gasteiger partial charge on any atom is 0.255 e. The van der Waals surface area contributed by atoms with Gasteiger partial charge >= 0.3 is 0 Å². The standard InChI is InChI=1S/C23H23N2O3/c1-15-12-17(13-16(2)22(15)26)14-24-20-6-4-5-7-21(20)25-23(27)18-8-10-19(28-3)11-9-18/h4-6,8-13,24,26H,14H2,1-3H3,(H,25,27). The molecule has 143 valence electrons. The summed E-state index contributed by atoms with van der Waals surface area (Å²) in [6.45, 7) is 4.32. The van der Waals surface area contributed by atoms with Gasteiger partial charge in [0.05, 0.1) is 18.5 Å². The van der Waals surface area contributed by atoms with Gasteiger partial charge in [0.1, 0.15) is 11.5 Å². The van der Waals surface area contributed by atoms with Crippen LogP contribution in [0.1, 0.15) is 27.0 Å². The van der Waals surface area contributed by atoms with E-state index in [9.17, 15) is 9.90 Å². The molecule has 0 heterocycles. The summed E-state index contributed by atoms with van der Waals surface area (Å²) in [5.41, 5.74) is 4.61. The van der Waals surface area contributed by atoms with Crippen LogP contribution in [0, 0.1) is 19.9 Å². The van der Waals surface area contributed by atoms with Crippen molar-refractivity contribution in [1.29, 1.82) is 0 Å². The van der Waals surface area contributed by atoms with Gasteiger partial charge in [-0.25, -0.2) is 0 Å². The fourth-order valence-electron chi connectivity index (χ4n) is 2.96. The fraction of sp³-hybridized carbons (Fsp3) is 0.174. The van der Waals surface area contributed by atoms with Crippen molar-refractivity contribution in [3.63, 3.8) is 0 Å². The molecular weight excluding hydrogens is 352 g/mol. The number of anilines is 2. The molecule has 28 heavy (non-hydrogen) atoms. The number of aromatic hydroxyl groups is 1. The normalized spacial score (nSPS) is 10.4. The Morgan fingerprint density at radius 3 is 2.43 bits per heavy atom. The average Bonchev–Trinajstić information content (AvgIpc) is 2.71. The molecule has 3 N–H and O–H groups in total. The largest absolute Gasteiger partial charge is 0.507 e. The number of carbonyl (C=O) groups excluding carboxylic acids is 1. The number of methoxy groups -OCH3 is 1. The van der Waals surface area contributed by atoms with Crippen molar-refractivity contribution in [3.8, 4) is 11.5 Å². The van der Waals surface area contributed by atoms with Crippen LogP contribution in [0.15, 0.2) is 54.6 Å². The molecule has 0 bridgehead atoms. The quantitative estimate of drug-likeness (QED) is 0.585. The van der Waals surface area contributed by atoms with Gasteiger partial charge in [0.15, 0.2) is 0 Å². The summed E-state index contributed by atoms with van der Waals surface area (Å²) in [4.78, 5) is 12.5. The van der Waals surface area contributed by atoms with E-state index in [1.54, 1.807) is 37.4 Å². The third kappa shape index (κ3) is 4.43. The van der Waals surface area contributed by atoms with Crippen LogP contribution < -0.4 is 15.4 Å². The molecule has 0 spiro atoms. The summed E-state index contributed by atoms with van der Waals surface area (Å²) in [6, 6.07) is 19.4. The van der Waals surface area contributed by atoms with Crippen LogP contribution in [0.3, 0.4) is 0 Å². The van der Waals surface area contributed by atoms with Gasteiger partial charge in [0.2, 0.25) is 0 Å². The number of rotatable bonds is 6. The Morgan fingerprint density at radius 1 is 1.11 bits per heavy atom. The van der Waals surface area contributed by atoms with Crippen LogP contribution in [-0.4, -0.2) is 18.1 Å². The van der Waals surface area contributed by atoms with Crippen molar-refractivity contribution in [2.45, 2.75) is 20.4 Å². The van der Waals surface area contributed by atoms with Crippen LogP contribution in [0.2, 0.25) is 0 Å². The lowest BCUT2D eigenvalue weighted by Crippen LogP contribution is -2.13. The molecule has 0 unspecified atom stereocenters. The molecule has 0 aliphatic rings. The maximum atomic E-state index is 12.5. The monoisotopic (exact) mass is 375 g/mol. The van der Waals surface area contributed by atoms with E-state index < -0.39 is 0 Å². The summed E-state index contributed by atoms with van der Waals surface area (Å²) in [5, 5.41) is 16.1. The highest BCUT2D eigenvalue weighted by atomic mass is 16.5. The lowest BCUT2D eigenvalue weighted by molar-refractivity contribution is 0.102. The molecule has 1 radical (unpaired) electrons. The predicted molar refractivity (Wildman–Crippen MR) is 111 cm³/mol.